The van der Waals surface area contributed by atoms with Gasteiger partial charge in [-0.05, 0) is 61.2 Å². The fourth-order valence-electron chi connectivity index (χ4n) is 5.10. The van der Waals surface area contributed by atoms with Gasteiger partial charge in [0.1, 0.15) is 12.6 Å². The van der Waals surface area contributed by atoms with Crippen LogP contribution in [0.25, 0.3) is 0 Å². The lowest BCUT2D eigenvalue weighted by atomic mass is 9.95. The minimum absolute atomic E-state index is 0.0187. The van der Waals surface area contributed by atoms with Crippen molar-refractivity contribution < 1.29 is 18.0 Å². The van der Waals surface area contributed by atoms with Crippen LogP contribution in [0.1, 0.15) is 51.0 Å². The first kappa shape index (κ1) is 29.6. The largest absolute Gasteiger partial charge is 0.352 e. The molecule has 0 heterocycles. The van der Waals surface area contributed by atoms with Crippen molar-refractivity contribution in [3.05, 3.63) is 95.5 Å². The molecule has 1 N–H and O–H groups in total. The van der Waals surface area contributed by atoms with Crippen LogP contribution in [0.2, 0.25) is 5.02 Å². The zero-order valence-electron chi connectivity index (χ0n) is 22.7. The van der Waals surface area contributed by atoms with Crippen molar-refractivity contribution in [3.63, 3.8) is 0 Å². The van der Waals surface area contributed by atoms with Crippen LogP contribution >= 0.6 is 11.6 Å². The number of benzene rings is 3. The Labute approximate surface area is 242 Å². The Morgan fingerprint density at radius 1 is 0.900 bits per heavy atom. The summed E-state index contributed by atoms with van der Waals surface area (Å²) in [6, 6.07) is 23.2. The number of nitrogens with one attached hydrogen (secondary N) is 1. The van der Waals surface area contributed by atoms with Crippen molar-refractivity contribution in [1.82, 2.24) is 10.2 Å². The summed E-state index contributed by atoms with van der Waals surface area (Å²) in [5, 5.41) is 3.57. The summed E-state index contributed by atoms with van der Waals surface area (Å²) in [6.07, 6.45) is 5.56. The molecule has 0 spiro atoms. The van der Waals surface area contributed by atoms with Crippen LogP contribution in [0.15, 0.2) is 89.8 Å². The molecule has 1 aliphatic rings. The number of carbonyl (C=O) groups excluding carboxylic acids is 2. The third kappa shape index (κ3) is 7.43. The zero-order chi connectivity index (χ0) is 28.5. The minimum atomic E-state index is -4.12. The number of hydrogen-bond acceptors (Lipinski definition) is 4. The molecule has 9 heteroatoms. The first-order valence-electron chi connectivity index (χ1n) is 13.8. The Bertz CT molecular complexity index is 1360. The lowest BCUT2D eigenvalue weighted by Gasteiger charge is -2.34. The van der Waals surface area contributed by atoms with Gasteiger partial charge in [-0.1, -0.05) is 86.3 Å². The molecular weight excluding hydrogens is 546 g/mol. The molecule has 0 radical (unpaired) electrons. The molecule has 3 aromatic rings. The molecule has 4 rings (SSSR count). The van der Waals surface area contributed by atoms with Gasteiger partial charge in [-0.2, -0.15) is 0 Å². The first-order chi connectivity index (χ1) is 19.3. The van der Waals surface area contributed by atoms with E-state index in [2.05, 4.69) is 5.32 Å². The molecule has 1 fully saturated rings. The molecule has 1 saturated carbocycles. The second kappa shape index (κ2) is 13.8. The molecule has 40 heavy (non-hydrogen) atoms. The molecule has 212 valence electrons. The highest BCUT2D eigenvalue weighted by Crippen LogP contribution is 2.26. The number of amides is 2. The van der Waals surface area contributed by atoms with Crippen LogP contribution < -0.4 is 9.62 Å². The molecule has 0 aliphatic heterocycles. The SMILES string of the molecule is CC[C@@H](C(=O)NC1CCCCC1)N(Cc1ccccc1)C(=O)CN(c1ccccc1)S(=O)(=O)c1ccc(Cl)cc1. The fraction of sp³-hybridized carbons (Fsp3) is 0.355. The molecular formula is C31H36ClN3O4S. The standard InChI is InChI=1S/C31H36ClN3O4S/c1-2-29(31(37)33-26-14-8-4-9-15-26)34(22-24-12-6-3-7-13-24)30(36)23-35(27-16-10-5-11-17-27)40(38,39)28-20-18-25(32)19-21-28/h3,5-7,10-13,16-21,26,29H,2,4,8-9,14-15,22-23H2,1H3,(H,33,37)/t29-/m0/s1. The minimum Gasteiger partial charge on any atom is -0.352 e. The third-order valence-corrected chi connectivity index (χ3v) is 9.30. The van der Waals surface area contributed by atoms with Crippen molar-refractivity contribution in [1.29, 1.82) is 0 Å². The molecule has 7 nitrogen and oxygen atoms in total. The summed E-state index contributed by atoms with van der Waals surface area (Å²) in [6.45, 7) is 1.59. The van der Waals surface area contributed by atoms with Crippen molar-refractivity contribution in [3.8, 4) is 0 Å². The monoisotopic (exact) mass is 581 g/mol. The van der Waals surface area contributed by atoms with E-state index in [0.717, 1.165) is 35.6 Å². The Hall–Kier alpha value is -3.36. The Morgan fingerprint density at radius 3 is 2.10 bits per heavy atom. The summed E-state index contributed by atoms with van der Waals surface area (Å²) in [5.74, 6) is -0.665. The second-order valence-corrected chi connectivity index (χ2v) is 12.4. The Balaban J connectivity index is 1.67. The zero-order valence-corrected chi connectivity index (χ0v) is 24.3. The van der Waals surface area contributed by atoms with E-state index in [-0.39, 0.29) is 23.4 Å². The molecule has 1 aliphatic carbocycles. The van der Waals surface area contributed by atoms with E-state index in [9.17, 15) is 18.0 Å². The van der Waals surface area contributed by atoms with Gasteiger partial charge < -0.3 is 10.2 Å². The third-order valence-electron chi connectivity index (χ3n) is 7.26. The Morgan fingerprint density at radius 2 is 1.50 bits per heavy atom. The quantitative estimate of drug-likeness (QED) is 0.310. The van der Waals surface area contributed by atoms with Gasteiger partial charge in [0.2, 0.25) is 11.8 Å². The van der Waals surface area contributed by atoms with Gasteiger partial charge in [0, 0.05) is 17.6 Å². The number of para-hydroxylation sites is 1. The summed E-state index contributed by atoms with van der Waals surface area (Å²) >= 11 is 6.00. The van der Waals surface area contributed by atoms with Gasteiger partial charge in [-0.15, -0.1) is 0 Å². The maximum Gasteiger partial charge on any atom is 0.264 e. The number of rotatable bonds is 11. The molecule has 0 bridgehead atoms. The van der Waals surface area contributed by atoms with Gasteiger partial charge in [-0.25, -0.2) is 8.42 Å². The topological polar surface area (TPSA) is 86.8 Å². The van der Waals surface area contributed by atoms with E-state index < -0.39 is 28.5 Å². The first-order valence-corrected chi connectivity index (χ1v) is 15.6. The molecule has 0 unspecified atom stereocenters. The number of nitrogens with zero attached hydrogens (tertiary/aromatic N) is 2. The smallest absolute Gasteiger partial charge is 0.264 e. The van der Waals surface area contributed by atoms with Crippen LogP contribution in [0.3, 0.4) is 0 Å². The average molecular weight is 582 g/mol. The molecule has 1 atom stereocenters. The maximum absolute atomic E-state index is 14.1. The van der Waals surface area contributed by atoms with Crippen LogP contribution in [0.4, 0.5) is 5.69 Å². The van der Waals surface area contributed by atoms with Gasteiger partial charge in [0.05, 0.1) is 10.6 Å². The van der Waals surface area contributed by atoms with E-state index in [4.69, 9.17) is 11.6 Å². The van der Waals surface area contributed by atoms with Crippen molar-refractivity contribution >= 4 is 39.1 Å². The summed E-state index contributed by atoms with van der Waals surface area (Å²) < 4.78 is 28.8. The number of hydrogen-bond donors (Lipinski definition) is 1. The van der Waals surface area contributed by atoms with Crippen LogP contribution in [0.5, 0.6) is 0 Å². The van der Waals surface area contributed by atoms with E-state index in [1.165, 1.54) is 35.6 Å². The van der Waals surface area contributed by atoms with Crippen molar-refractivity contribution in [2.24, 2.45) is 0 Å². The highest BCUT2D eigenvalue weighted by Gasteiger charge is 2.34. The van der Waals surface area contributed by atoms with Gasteiger partial charge in [0.15, 0.2) is 0 Å². The predicted molar refractivity (Wildman–Crippen MR) is 159 cm³/mol. The van der Waals surface area contributed by atoms with Gasteiger partial charge in [0.25, 0.3) is 10.0 Å². The highest BCUT2D eigenvalue weighted by atomic mass is 35.5. The normalized spacial score (nSPS) is 14.8. The number of halogens is 1. The van der Waals surface area contributed by atoms with E-state index in [1.807, 2.05) is 37.3 Å². The summed E-state index contributed by atoms with van der Waals surface area (Å²) in [4.78, 5) is 29.1. The molecule has 2 amide bonds. The number of sulfonamides is 1. The molecule has 0 saturated heterocycles. The number of carbonyl (C=O) groups is 2. The lowest BCUT2D eigenvalue weighted by Crippen LogP contribution is -2.54. The van der Waals surface area contributed by atoms with Crippen molar-refractivity contribution in [2.45, 2.75) is 69.0 Å². The molecule has 0 aromatic heterocycles. The van der Waals surface area contributed by atoms with Crippen LogP contribution in [0, 0.1) is 0 Å². The lowest BCUT2D eigenvalue weighted by molar-refractivity contribution is -0.140. The van der Waals surface area contributed by atoms with Gasteiger partial charge >= 0.3 is 0 Å². The summed E-state index contributed by atoms with van der Waals surface area (Å²) in [5.41, 5.74) is 1.21. The predicted octanol–water partition coefficient (Wildman–Crippen LogP) is 5.79. The average Bonchev–Trinajstić information content (AvgIpc) is 2.97. The van der Waals surface area contributed by atoms with Crippen LogP contribution in [-0.4, -0.2) is 43.8 Å². The molecule has 3 aromatic carbocycles. The summed E-state index contributed by atoms with van der Waals surface area (Å²) in [7, 11) is -4.12. The van der Waals surface area contributed by atoms with E-state index >= 15 is 0 Å². The van der Waals surface area contributed by atoms with E-state index in [0.29, 0.717) is 17.1 Å². The highest BCUT2D eigenvalue weighted by molar-refractivity contribution is 7.92. The Kier molecular flexibility index (Phi) is 10.2. The second-order valence-electron chi connectivity index (χ2n) is 10.1. The van der Waals surface area contributed by atoms with Crippen molar-refractivity contribution in [2.75, 3.05) is 10.8 Å². The van der Waals surface area contributed by atoms with Crippen LogP contribution in [-0.2, 0) is 26.2 Å². The van der Waals surface area contributed by atoms with E-state index in [1.54, 1.807) is 30.3 Å². The van der Waals surface area contributed by atoms with Gasteiger partial charge in [-0.3, -0.25) is 13.9 Å². The number of anilines is 1. The fourth-order valence-corrected chi connectivity index (χ4v) is 6.64. The maximum atomic E-state index is 14.1.